The van der Waals surface area contributed by atoms with Gasteiger partial charge in [-0.3, -0.25) is 0 Å². The highest BCUT2D eigenvalue weighted by Gasteiger charge is 2.36. The van der Waals surface area contributed by atoms with Gasteiger partial charge in [-0.25, -0.2) is 8.78 Å². The van der Waals surface area contributed by atoms with Crippen molar-refractivity contribution in [3.8, 4) is 0 Å². The zero-order chi connectivity index (χ0) is 9.90. The van der Waals surface area contributed by atoms with Crippen LogP contribution in [0, 0.1) is 5.92 Å². The second-order valence-corrected chi connectivity index (χ2v) is 3.30. The normalized spacial score (nSPS) is 14.2. The van der Waals surface area contributed by atoms with E-state index < -0.39 is 11.8 Å². The molecule has 0 saturated carbocycles. The smallest absolute Gasteiger partial charge is 0.201 e. The summed E-state index contributed by atoms with van der Waals surface area (Å²) in [7, 11) is 0. The summed E-state index contributed by atoms with van der Waals surface area (Å²) in [5.74, 6) is -3.30. The molecule has 0 aliphatic carbocycles. The average molecular weight is 184 g/mol. The van der Waals surface area contributed by atoms with E-state index in [-0.39, 0.29) is 5.56 Å². The maximum absolute atomic E-state index is 13.5. The minimum absolute atomic E-state index is 0.115. The Kier molecular flexibility index (Phi) is 3.02. The van der Waals surface area contributed by atoms with Crippen molar-refractivity contribution in [3.05, 3.63) is 35.9 Å². The summed E-state index contributed by atoms with van der Waals surface area (Å²) in [6.07, 6.45) is 0.488. The Morgan fingerprint density at radius 1 is 1.23 bits per heavy atom. The number of halogens is 2. The van der Waals surface area contributed by atoms with Crippen LogP contribution in [-0.2, 0) is 5.92 Å². The Morgan fingerprint density at radius 2 is 1.77 bits per heavy atom. The van der Waals surface area contributed by atoms with Crippen molar-refractivity contribution in [1.82, 2.24) is 0 Å². The molecule has 1 aromatic carbocycles. The van der Waals surface area contributed by atoms with Crippen molar-refractivity contribution in [2.24, 2.45) is 5.92 Å². The fourth-order valence-corrected chi connectivity index (χ4v) is 1.20. The molecule has 2 heteroatoms. The summed E-state index contributed by atoms with van der Waals surface area (Å²) in [6, 6.07) is 7.99. The van der Waals surface area contributed by atoms with Crippen molar-refractivity contribution in [2.75, 3.05) is 0 Å². The Bertz CT molecular complexity index is 254. The van der Waals surface area contributed by atoms with Crippen LogP contribution in [0.25, 0.3) is 0 Å². The molecule has 1 rings (SSSR count). The van der Waals surface area contributed by atoms with Gasteiger partial charge in [0.05, 0.1) is 0 Å². The minimum atomic E-state index is -2.70. The van der Waals surface area contributed by atoms with E-state index >= 15 is 0 Å². The van der Waals surface area contributed by atoms with Crippen LogP contribution in [0.2, 0.25) is 0 Å². The zero-order valence-corrected chi connectivity index (χ0v) is 7.93. The Hall–Kier alpha value is -0.920. The predicted octanol–water partition coefficient (Wildman–Crippen LogP) is 3.82. The summed E-state index contributed by atoms with van der Waals surface area (Å²) < 4.78 is 27.1. The van der Waals surface area contributed by atoms with Gasteiger partial charge in [-0.15, -0.1) is 0 Å². The lowest BCUT2D eigenvalue weighted by molar-refractivity contribution is -0.0595. The number of benzene rings is 1. The summed E-state index contributed by atoms with van der Waals surface area (Å²) in [4.78, 5) is 0. The van der Waals surface area contributed by atoms with E-state index in [9.17, 15) is 8.78 Å². The van der Waals surface area contributed by atoms with Crippen molar-refractivity contribution in [2.45, 2.75) is 26.2 Å². The number of rotatable bonds is 3. The first-order valence-corrected chi connectivity index (χ1v) is 4.52. The zero-order valence-electron chi connectivity index (χ0n) is 7.93. The molecule has 72 valence electrons. The van der Waals surface area contributed by atoms with E-state index in [1.54, 1.807) is 32.0 Å². The molecule has 1 unspecified atom stereocenters. The lowest BCUT2D eigenvalue weighted by Gasteiger charge is -2.22. The van der Waals surface area contributed by atoms with Gasteiger partial charge >= 0.3 is 0 Å². The molecule has 0 bridgehead atoms. The average Bonchev–Trinajstić information content (AvgIpc) is 2.18. The summed E-state index contributed by atoms with van der Waals surface area (Å²) in [5, 5.41) is 0. The molecule has 0 nitrogen and oxygen atoms in total. The first-order valence-electron chi connectivity index (χ1n) is 4.52. The van der Waals surface area contributed by atoms with Crippen LogP contribution in [-0.4, -0.2) is 0 Å². The predicted molar refractivity (Wildman–Crippen MR) is 49.8 cm³/mol. The molecule has 0 spiro atoms. The minimum Gasteiger partial charge on any atom is -0.201 e. The van der Waals surface area contributed by atoms with Gasteiger partial charge in [0.15, 0.2) is 0 Å². The van der Waals surface area contributed by atoms with Crippen LogP contribution in [0.3, 0.4) is 0 Å². The highest BCUT2D eigenvalue weighted by molar-refractivity contribution is 5.20. The summed E-state index contributed by atoms with van der Waals surface area (Å²) in [5.41, 5.74) is 0.115. The van der Waals surface area contributed by atoms with E-state index in [4.69, 9.17) is 0 Å². The van der Waals surface area contributed by atoms with Gasteiger partial charge in [-0.1, -0.05) is 44.2 Å². The first kappa shape index (κ1) is 10.2. The van der Waals surface area contributed by atoms with Crippen molar-refractivity contribution in [1.29, 1.82) is 0 Å². The molecule has 13 heavy (non-hydrogen) atoms. The molecule has 0 radical (unpaired) electrons. The van der Waals surface area contributed by atoms with E-state index in [0.717, 1.165) is 0 Å². The van der Waals surface area contributed by atoms with Crippen molar-refractivity contribution in [3.63, 3.8) is 0 Å². The van der Waals surface area contributed by atoms with Crippen molar-refractivity contribution < 1.29 is 8.78 Å². The fraction of sp³-hybridized carbons (Fsp3) is 0.455. The molecular weight excluding hydrogens is 170 g/mol. The quantitative estimate of drug-likeness (QED) is 0.669. The maximum Gasteiger partial charge on any atom is 0.275 e. The molecule has 0 aliphatic heterocycles. The monoisotopic (exact) mass is 184 g/mol. The molecule has 0 aromatic heterocycles. The van der Waals surface area contributed by atoms with E-state index in [2.05, 4.69) is 0 Å². The lowest BCUT2D eigenvalue weighted by Crippen LogP contribution is -2.22. The van der Waals surface area contributed by atoms with Gasteiger partial charge in [0.1, 0.15) is 0 Å². The van der Waals surface area contributed by atoms with Gasteiger partial charge in [-0.2, -0.15) is 0 Å². The molecule has 0 saturated heterocycles. The van der Waals surface area contributed by atoms with Crippen LogP contribution in [0.15, 0.2) is 30.3 Å². The topological polar surface area (TPSA) is 0 Å². The third kappa shape index (κ3) is 2.06. The molecule has 1 atom stereocenters. The maximum atomic E-state index is 13.5. The highest BCUT2D eigenvalue weighted by atomic mass is 19.3. The van der Waals surface area contributed by atoms with Crippen LogP contribution in [0.5, 0.6) is 0 Å². The fourth-order valence-electron chi connectivity index (χ4n) is 1.20. The largest absolute Gasteiger partial charge is 0.275 e. The third-order valence-corrected chi connectivity index (χ3v) is 2.39. The van der Waals surface area contributed by atoms with E-state index in [1.165, 1.54) is 12.1 Å². The number of hydrogen-bond donors (Lipinski definition) is 0. The van der Waals surface area contributed by atoms with Gasteiger partial charge < -0.3 is 0 Å². The van der Waals surface area contributed by atoms with Crippen LogP contribution in [0.4, 0.5) is 8.78 Å². The van der Waals surface area contributed by atoms with Crippen LogP contribution < -0.4 is 0 Å². The molecule has 0 aliphatic rings. The van der Waals surface area contributed by atoms with Crippen molar-refractivity contribution >= 4 is 0 Å². The highest BCUT2D eigenvalue weighted by Crippen LogP contribution is 2.37. The summed E-state index contributed by atoms with van der Waals surface area (Å²) >= 11 is 0. The molecular formula is C11H14F2. The SMILES string of the molecule is CCC(C)C(F)(F)c1ccccc1. The Balaban J connectivity index is 2.93. The van der Waals surface area contributed by atoms with Gasteiger partial charge in [0, 0.05) is 11.5 Å². The standard InChI is InChI=1S/C11H14F2/c1-3-9(2)11(12,13)10-7-5-4-6-8-10/h4-9H,3H2,1-2H3. The lowest BCUT2D eigenvalue weighted by atomic mass is 9.94. The third-order valence-electron chi connectivity index (χ3n) is 2.39. The number of hydrogen-bond acceptors (Lipinski definition) is 0. The summed E-state index contributed by atoms with van der Waals surface area (Å²) in [6.45, 7) is 3.36. The molecule has 0 fully saturated rings. The van der Waals surface area contributed by atoms with Gasteiger partial charge in [0.2, 0.25) is 0 Å². The first-order chi connectivity index (χ1) is 6.09. The molecule has 0 amide bonds. The molecule has 0 N–H and O–H groups in total. The van der Waals surface area contributed by atoms with E-state index in [0.29, 0.717) is 6.42 Å². The van der Waals surface area contributed by atoms with Gasteiger partial charge in [-0.05, 0) is 6.42 Å². The molecule has 1 aromatic rings. The van der Waals surface area contributed by atoms with Crippen LogP contribution in [0.1, 0.15) is 25.8 Å². The number of alkyl halides is 2. The Morgan fingerprint density at radius 3 is 2.23 bits per heavy atom. The van der Waals surface area contributed by atoms with Gasteiger partial charge in [0.25, 0.3) is 5.92 Å². The van der Waals surface area contributed by atoms with Crippen LogP contribution >= 0.6 is 0 Å². The van der Waals surface area contributed by atoms with E-state index in [1.807, 2.05) is 0 Å². The Labute approximate surface area is 77.6 Å². The molecule has 0 heterocycles. The second-order valence-electron chi connectivity index (χ2n) is 3.30. The second kappa shape index (κ2) is 3.86.